The van der Waals surface area contributed by atoms with Crippen molar-refractivity contribution in [3.63, 3.8) is 0 Å². The van der Waals surface area contributed by atoms with Gasteiger partial charge in [0.2, 0.25) is 14.0 Å². The minimum absolute atomic E-state index is 0.502. The zero-order valence-electron chi connectivity index (χ0n) is 28.4. The quantitative estimate of drug-likeness (QED) is 0.158. The highest BCUT2D eigenvalue weighted by Gasteiger charge is 2.54. The van der Waals surface area contributed by atoms with Gasteiger partial charge in [0.25, 0.3) is 0 Å². The maximum Gasteiger partial charge on any atom is 0.242 e. The molecule has 0 bridgehead atoms. The summed E-state index contributed by atoms with van der Waals surface area (Å²) in [6.07, 6.45) is 7.11. The van der Waals surface area contributed by atoms with E-state index in [1.54, 1.807) is 24.2 Å². The predicted molar refractivity (Wildman–Crippen MR) is 213 cm³/mol. The van der Waals surface area contributed by atoms with E-state index in [1.165, 1.54) is 30.2 Å². The average Bonchev–Trinajstić information content (AvgIpc) is 3.23. The van der Waals surface area contributed by atoms with Crippen molar-refractivity contribution in [1.82, 2.24) is 19.9 Å². The Morgan fingerprint density at radius 3 is 1.87 bits per heavy atom. The number of nitrogens with zero attached hydrogens (tertiary/aromatic N) is 4. The minimum Gasteiger partial charge on any atom is -0.457 e. The standard InChI is InChI=1S/C45H26N4O2S2Si/c1-3-11-32-29(9-1)45(30-10-2-4-12-33(30)51-42-41(45)46-21-22-47-42)31-19-17-27(25-34(31)50-32)28-18-20-40-37(26-28)52-35-13-5-7-15-38(35)54(40)39-16-8-6-14-36(39)53-43-44(54)49-24-23-48-43/h1-26H. The van der Waals surface area contributed by atoms with E-state index in [9.17, 15) is 0 Å². The molecule has 2 spiro atoms. The number of aromatic nitrogens is 4. The molecular weight excluding hydrogens is 721 g/mol. The van der Waals surface area contributed by atoms with Crippen molar-refractivity contribution in [1.29, 1.82) is 0 Å². The van der Waals surface area contributed by atoms with Crippen molar-refractivity contribution >= 4 is 52.5 Å². The molecule has 6 nitrogen and oxygen atoms in total. The van der Waals surface area contributed by atoms with Gasteiger partial charge in [-0.25, -0.2) is 9.97 Å². The first-order chi connectivity index (χ1) is 26.7. The normalized spacial score (nSPS) is 19.0. The average molecular weight is 747 g/mol. The lowest BCUT2D eigenvalue weighted by Gasteiger charge is -2.43. The van der Waals surface area contributed by atoms with Crippen LogP contribution in [0.4, 0.5) is 0 Å². The molecule has 54 heavy (non-hydrogen) atoms. The van der Waals surface area contributed by atoms with Crippen molar-refractivity contribution < 1.29 is 9.47 Å². The molecule has 0 radical (unpaired) electrons. The molecule has 0 N–H and O–H groups in total. The molecule has 8 aromatic rings. The van der Waals surface area contributed by atoms with Crippen LogP contribution in [-0.4, -0.2) is 28.0 Å². The van der Waals surface area contributed by atoms with Crippen LogP contribution in [0.15, 0.2) is 178 Å². The second-order valence-corrected chi connectivity index (χ2v) is 19.4. The monoisotopic (exact) mass is 746 g/mol. The van der Waals surface area contributed by atoms with E-state index in [2.05, 4.69) is 114 Å². The maximum atomic E-state index is 6.82. The van der Waals surface area contributed by atoms with E-state index in [1.807, 2.05) is 48.4 Å². The summed E-state index contributed by atoms with van der Waals surface area (Å²) in [4.78, 5) is 23.5. The first kappa shape index (κ1) is 30.5. The summed E-state index contributed by atoms with van der Waals surface area (Å²) in [7, 11) is -2.80. The topological polar surface area (TPSA) is 70.0 Å². The number of fused-ring (bicyclic) bond motifs is 16. The van der Waals surface area contributed by atoms with Crippen LogP contribution in [-0.2, 0) is 5.41 Å². The van der Waals surface area contributed by atoms with Crippen LogP contribution >= 0.6 is 23.5 Å². The Kier molecular flexibility index (Phi) is 6.35. The number of para-hydroxylation sites is 2. The van der Waals surface area contributed by atoms with Crippen molar-refractivity contribution in [2.24, 2.45) is 0 Å². The van der Waals surface area contributed by atoms with Gasteiger partial charge in [0.1, 0.15) is 33.4 Å². The smallest absolute Gasteiger partial charge is 0.242 e. The largest absolute Gasteiger partial charge is 0.457 e. The predicted octanol–water partition coefficient (Wildman–Crippen LogP) is 7.83. The van der Waals surface area contributed by atoms with Gasteiger partial charge in [-0.15, -0.1) is 0 Å². The van der Waals surface area contributed by atoms with E-state index in [0.29, 0.717) is 5.88 Å². The van der Waals surface area contributed by atoms with Crippen LogP contribution in [0, 0.1) is 0 Å². The number of rotatable bonds is 1. The van der Waals surface area contributed by atoms with Gasteiger partial charge >= 0.3 is 0 Å². The summed E-state index contributed by atoms with van der Waals surface area (Å²) in [5.74, 6) is 2.83. The number of hydrogen-bond acceptors (Lipinski definition) is 8. The molecule has 6 aromatic carbocycles. The zero-order valence-corrected chi connectivity index (χ0v) is 31.1. The zero-order chi connectivity index (χ0) is 35.4. The number of hydrogen-bond donors (Lipinski definition) is 0. The Bertz CT molecular complexity index is 2580. The van der Waals surface area contributed by atoms with Crippen molar-refractivity contribution in [3.05, 3.63) is 181 Å². The van der Waals surface area contributed by atoms with Gasteiger partial charge in [0, 0.05) is 56.2 Å². The van der Waals surface area contributed by atoms with Crippen LogP contribution in [0.5, 0.6) is 23.1 Å². The molecule has 2 atom stereocenters. The van der Waals surface area contributed by atoms with E-state index in [0.717, 1.165) is 61.1 Å². The summed E-state index contributed by atoms with van der Waals surface area (Å²) in [6.45, 7) is 0. The maximum absolute atomic E-state index is 6.82. The molecule has 4 aliphatic rings. The lowest BCUT2D eigenvalue weighted by atomic mass is 9.64. The SMILES string of the molecule is c1ccc2c(c1)Oc1cc(-c3ccc4c(c3)Sc3ccccc3[Si]43c4ccccc4Sc4nccnc43)ccc1C21c2ccccc2Oc2nccnc21. The van der Waals surface area contributed by atoms with E-state index in [4.69, 9.17) is 24.4 Å². The fourth-order valence-corrected chi connectivity index (χ4v) is 17.9. The second kappa shape index (κ2) is 11.3. The lowest BCUT2D eigenvalue weighted by molar-refractivity contribution is 0.383. The van der Waals surface area contributed by atoms with Crippen molar-refractivity contribution in [3.8, 4) is 34.3 Å². The Balaban J connectivity index is 1.07. The molecule has 0 saturated carbocycles. The molecule has 2 unspecified atom stereocenters. The van der Waals surface area contributed by atoms with Gasteiger partial charge in [-0.05, 0) is 63.1 Å². The Labute approximate surface area is 320 Å². The highest BCUT2D eigenvalue weighted by atomic mass is 32.2. The third kappa shape index (κ3) is 3.93. The second-order valence-electron chi connectivity index (χ2n) is 13.7. The molecule has 0 aliphatic carbocycles. The van der Waals surface area contributed by atoms with E-state index < -0.39 is 13.5 Å². The van der Waals surface area contributed by atoms with Crippen molar-refractivity contribution in [2.45, 2.75) is 25.1 Å². The molecule has 4 aliphatic heterocycles. The number of benzene rings is 6. The first-order valence-electron chi connectivity index (χ1n) is 17.8. The Hall–Kier alpha value is -6.00. The van der Waals surface area contributed by atoms with E-state index in [-0.39, 0.29) is 0 Å². The van der Waals surface area contributed by atoms with Gasteiger partial charge in [0.15, 0.2) is 0 Å². The highest BCUT2D eigenvalue weighted by Crippen LogP contribution is 2.60. The summed E-state index contributed by atoms with van der Waals surface area (Å²) in [5, 5.41) is 6.20. The fraction of sp³-hybridized carbons (Fsp3) is 0.0222. The molecular formula is C45H26N4O2S2Si. The fourth-order valence-electron chi connectivity index (χ4n) is 9.05. The van der Waals surface area contributed by atoms with Gasteiger partial charge in [-0.2, -0.15) is 0 Å². The Morgan fingerprint density at radius 2 is 1.06 bits per heavy atom. The van der Waals surface area contributed by atoms with E-state index >= 15 is 0 Å². The van der Waals surface area contributed by atoms with Crippen molar-refractivity contribution in [2.75, 3.05) is 0 Å². The van der Waals surface area contributed by atoms with Crippen LogP contribution in [0.1, 0.15) is 22.4 Å². The molecule has 0 fully saturated rings. The first-order valence-corrected chi connectivity index (χ1v) is 21.4. The highest BCUT2D eigenvalue weighted by molar-refractivity contribution is 8.01. The molecule has 2 aromatic heterocycles. The Morgan fingerprint density at radius 1 is 0.463 bits per heavy atom. The van der Waals surface area contributed by atoms with Gasteiger partial charge in [0.05, 0.1) is 5.32 Å². The summed E-state index contributed by atoms with van der Waals surface area (Å²) >= 11 is 3.58. The molecule has 6 heterocycles. The van der Waals surface area contributed by atoms with Crippen LogP contribution in [0.25, 0.3) is 11.1 Å². The van der Waals surface area contributed by atoms with Crippen LogP contribution in [0.2, 0.25) is 0 Å². The van der Waals surface area contributed by atoms with Gasteiger partial charge < -0.3 is 9.47 Å². The molecule has 254 valence electrons. The van der Waals surface area contributed by atoms with Gasteiger partial charge in [-0.3, -0.25) is 9.97 Å². The minimum atomic E-state index is -2.80. The van der Waals surface area contributed by atoms with Gasteiger partial charge in [-0.1, -0.05) is 121 Å². The molecule has 0 amide bonds. The number of ether oxygens (including phenoxy) is 2. The molecule has 9 heteroatoms. The lowest BCUT2D eigenvalue weighted by Crippen LogP contribution is -2.78. The van der Waals surface area contributed by atoms with Crippen LogP contribution in [0.3, 0.4) is 0 Å². The summed E-state index contributed by atoms with van der Waals surface area (Å²) in [6, 6.07) is 47.8. The summed E-state index contributed by atoms with van der Waals surface area (Å²) < 4.78 is 13.2. The summed E-state index contributed by atoms with van der Waals surface area (Å²) in [5.41, 5.74) is 5.18. The third-order valence-electron chi connectivity index (χ3n) is 11.2. The molecule has 0 saturated heterocycles. The third-order valence-corrected chi connectivity index (χ3v) is 18.9. The molecule has 12 rings (SSSR count). The van der Waals surface area contributed by atoms with Crippen LogP contribution < -0.4 is 30.4 Å².